The van der Waals surface area contributed by atoms with Gasteiger partial charge in [-0.1, -0.05) is 225 Å². The summed E-state index contributed by atoms with van der Waals surface area (Å²) in [7, 11) is 5.95. The van der Waals surface area contributed by atoms with Gasteiger partial charge in [0.1, 0.15) is 13.2 Å². The second-order valence-electron chi connectivity index (χ2n) is 20.9. The number of esters is 2. The first-order valence-electron chi connectivity index (χ1n) is 30.3. The van der Waals surface area contributed by atoms with Crippen LogP contribution in [0.3, 0.4) is 0 Å². The smallest absolute Gasteiger partial charge is 0.361 e. The standard InChI is InChI=1S/C68H111NO8/c1-6-8-10-12-14-16-18-20-22-23-24-25-26-27-28-29-30-31-32-33-34-35-36-37-38-39-40-41-42-43-45-47-49-51-53-55-57-59-66(71)77-64(63-76-68(67(72)73)74-61-60-69(3,4)5)62-75-65(70)58-56-54-52-50-48-46-44-21-19-17-15-13-11-9-7-2/h8,10,14,16,20-22,24-25,27-28,30-31,33-34,36-37,39-40,42-44,64,68H,6-7,9,11-13,15,17-19,23,26,29,32,35,38,41,45-63H2,1-5H3/p+1/b10-8-,16-14-,22-20-,25-24-,28-27-,31-30-,34-33-,37-36-,40-39-,43-42-,44-21-. The topological polar surface area (TPSA) is 108 Å². The summed E-state index contributed by atoms with van der Waals surface area (Å²) in [5, 5.41) is 9.70. The van der Waals surface area contributed by atoms with Gasteiger partial charge in [-0.15, -0.1) is 0 Å². The summed E-state index contributed by atoms with van der Waals surface area (Å²) < 4.78 is 22.8. The van der Waals surface area contributed by atoms with Crippen molar-refractivity contribution >= 4 is 17.9 Å². The molecule has 0 aliphatic heterocycles. The van der Waals surface area contributed by atoms with E-state index in [2.05, 4.69) is 148 Å². The van der Waals surface area contributed by atoms with Gasteiger partial charge in [0.15, 0.2) is 6.10 Å². The van der Waals surface area contributed by atoms with Crippen molar-refractivity contribution < 1.29 is 42.9 Å². The molecule has 0 heterocycles. The zero-order chi connectivity index (χ0) is 56.2. The van der Waals surface area contributed by atoms with Crippen LogP contribution in [0.5, 0.6) is 0 Å². The minimum absolute atomic E-state index is 0.177. The van der Waals surface area contributed by atoms with Crippen molar-refractivity contribution in [3.63, 3.8) is 0 Å². The van der Waals surface area contributed by atoms with Gasteiger partial charge in [-0.05, 0) is 116 Å². The molecule has 0 amide bonds. The van der Waals surface area contributed by atoms with Crippen LogP contribution >= 0.6 is 0 Å². The molecule has 0 aromatic heterocycles. The highest BCUT2D eigenvalue weighted by Gasteiger charge is 2.25. The fraction of sp³-hybridized carbons (Fsp3) is 0.632. The van der Waals surface area contributed by atoms with Crippen LogP contribution in [0.2, 0.25) is 0 Å². The molecule has 9 heteroatoms. The molecule has 0 aromatic carbocycles. The second-order valence-corrected chi connectivity index (χ2v) is 20.9. The SMILES string of the molecule is CC/C=C\C/C=C\C/C=C\C/C=C\C/C=C\C/C=C\C/C=C\C/C=C\C/C=C\C/C=C\CCCCCCCCC(=O)OC(COC(=O)CCCCCCC/C=C\CCCCCCCC)COC(OCC[N+](C)(C)C)C(=O)O. The van der Waals surface area contributed by atoms with Gasteiger partial charge in [0, 0.05) is 12.8 Å². The van der Waals surface area contributed by atoms with E-state index in [1.165, 1.54) is 44.9 Å². The normalized spacial score (nSPS) is 13.7. The van der Waals surface area contributed by atoms with E-state index in [9.17, 15) is 19.5 Å². The number of carboxylic acid groups (broad SMARTS) is 1. The van der Waals surface area contributed by atoms with Crippen molar-refractivity contribution in [2.24, 2.45) is 0 Å². The molecule has 0 bridgehead atoms. The summed E-state index contributed by atoms with van der Waals surface area (Å²) in [6, 6.07) is 0. The maximum absolute atomic E-state index is 12.9. The van der Waals surface area contributed by atoms with E-state index in [0.717, 1.165) is 141 Å². The highest BCUT2D eigenvalue weighted by Crippen LogP contribution is 2.14. The number of allylic oxidation sites excluding steroid dienone is 22. The molecule has 0 fully saturated rings. The Kier molecular flexibility index (Phi) is 54.2. The number of carboxylic acids is 1. The average molecular weight is 1070 g/mol. The van der Waals surface area contributed by atoms with Crippen molar-refractivity contribution in [1.29, 1.82) is 0 Å². The number of unbranched alkanes of at least 4 members (excludes halogenated alkanes) is 17. The molecule has 436 valence electrons. The Balaban J connectivity index is 4.25. The maximum atomic E-state index is 12.9. The average Bonchev–Trinajstić information content (AvgIpc) is 3.40. The minimum atomic E-state index is -1.52. The monoisotopic (exact) mass is 1070 g/mol. The lowest BCUT2D eigenvalue weighted by Gasteiger charge is -2.25. The van der Waals surface area contributed by atoms with Crippen LogP contribution in [0.15, 0.2) is 134 Å². The predicted octanol–water partition coefficient (Wildman–Crippen LogP) is 18.2. The minimum Gasteiger partial charge on any atom is -0.477 e. The molecule has 2 atom stereocenters. The third-order valence-corrected chi connectivity index (χ3v) is 12.4. The number of nitrogens with zero attached hydrogens (tertiary/aromatic N) is 1. The molecule has 1 N–H and O–H groups in total. The number of carbonyl (C=O) groups is 3. The summed E-state index contributed by atoms with van der Waals surface area (Å²) in [5.41, 5.74) is 0. The molecule has 0 aromatic rings. The largest absolute Gasteiger partial charge is 0.477 e. The Labute approximate surface area is 471 Å². The highest BCUT2D eigenvalue weighted by atomic mass is 16.7. The van der Waals surface area contributed by atoms with E-state index in [4.69, 9.17) is 18.9 Å². The zero-order valence-electron chi connectivity index (χ0n) is 49.6. The van der Waals surface area contributed by atoms with E-state index in [0.29, 0.717) is 17.4 Å². The lowest BCUT2D eigenvalue weighted by Crippen LogP contribution is -2.40. The molecule has 0 aliphatic rings. The molecule has 77 heavy (non-hydrogen) atoms. The molecule has 9 nitrogen and oxygen atoms in total. The van der Waals surface area contributed by atoms with E-state index >= 15 is 0 Å². The fourth-order valence-corrected chi connectivity index (χ4v) is 7.74. The zero-order valence-corrected chi connectivity index (χ0v) is 49.6. The first-order chi connectivity index (χ1) is 37.6. The van der Waals surface area contributed by atoms with Gasteiger partial charge in [0.05, 0.1) is 34.4 Å². The summed E-state index contributed by atoms with van der Waals surface area (Å²) in [5.74, 6) is -2.05. The van der Waals surface area contributed by atoms with E-state index in [1.807, 2.05) is 21.1 Å². The van der Waals surface area contributed by atoms with Crippen LogP contribution in [0, 0.1) is 0 Å². The summed E-state index contributed by atoms with van der Waals surface area (Å²) >= 11 is 0. The Morgan fingerprint density at radius 2 is 0.740 bits per heavy atom. The molecule has 0 saturated heterocycles. The molecule has 0 aliphatic carbocycles. The van der Waals surface area contributed by atoms with Crippen molar-refractivity contribution in [1.82, 2.24) is 0 Å². The van der Waals surface area contributed by atoms with Crippen LogP contribution in [0.1, 0.15) is 219 Å². The predicted molar refractivity (Wildman–Crippen MR) is 327 cm³/mol. The molecule has 0 saturated carbocycles. The van der Waals surface area contributed by atoms with Crippen molar-refractivity contribution in [2.75, 3.05) is 47.5 Å². The number of hydrogen-bond donors (Lipinski definition) is 1. The molecule has 2 unspecified atom stereocenters. The number of likely N-dealkylation sites (N-methyl/N-ethyl adjacent to an activating group) is 1. The lowest BCUT2D eigenvalue weighted by molar-refractivity contribution is -0.870. The van der Waals surface area contributed by atoms with Gasteiger partial charge in [0.25, 0.3) is 6.29 Å². The molecule has 0 rings (SSSR count). The van der Waals surface area contributed by atoms with Crippen LogP contribution in [0.4, 0.5) is 0 Å². The van der Waals surface area contributed by atoms with Crippen LogP contribution < -0.4 is 0 Å². The fourth-order valence-electron chi connectivity index (χ4n) is 7.74. The van der Waals surface area contributed by atoms with Gasteiger partial charge in [-0.2, -0.15) is 0 Å². The van der Waals surface area contributed by atoms with Gasteiger partial charge in [0.2, 0.25) is 0 Å². The summed E-state index contributed by atoms with van der Waals surface area (Å²) in [6.07, 6.45) is 79.6. The van der Waals surface area contributed by atoms with Crippen molar-refractivity contribution in [3.05, 3.63) is 134 Å². The highest BCUT2D eigenvalue weighted by molar-refractivity contribution is 5.71. The number of aliphatic carboxylic acids is 1. The van der Waals surface area contributed by atoms with Crippen molar-refractivity contribution in [2.45, 2.75) is 232 Å². The summed E-state index contributed by atoms with van der Waals surface area (Å²) in [6.45, 7) is 4.71. The molecular weight excluding hydrogens is 959 g/mol. The number of hydrogen-bond acceptors (Lipinski definition) is 7. The van der Waals surface area contributed by atoms with Gasteiger partial charge in [-0.3, -0.25) is 9.59 Å². The first kappa shape index (κ1) is 72.4. The molecule has 0 radical (unpaired) electrons. The molecular formula is C68H112NO8+. The number of carbonyl (C=O) groups excluding carboxylic acids is 2. The Morgan fingerprint density at radius 3 is 1.12 bits per heavy atom. The van der Waals surface area contributed by atoms with Crippen LogP contribution in [0.25, 0.3) is 0 Å². The van der Waals surface area contributed by atoms with Gasteiger partial charge >= 0.3 is 17.9 Å². The summed E-state index contributed by atoms with van der Waals surface area (Å²) in [4.78, 5) is 37.4. The maximum Gasteiger partial charge on any atom is 0.361 e. The van der Waals surface area contributed by atoms with Crippen molar-refractivity contribution in [3.8, 4) is 0 Å². The second kappa shape index (κ2) is 57.6. The third kappa shape index (κ3) is 58.9. The van der Waals surface area contributed by atoms with E-state index < -0.39 is 24.3 Å². The van der Waals surface area contributed by atoms with Gasteiger partial charge < -0.3 is 28.5 Å². The van der Waals surface area contributed by atoms with Crippen LogP contribution in [-0.4, -0.2) is 87.4 Å². The number of quaternary nitrogens is 1. The quantitative estimate of drug-likeness (QED) is 0.0211. The Bertz CT molecular complexity index is 1720. The lowest BCUT2D eigenvalue weighted by atomic mass is 10.1. The Morgan fingerprint density at radius 1 is 0.403 bits per heavy atom. The van der Waals surface area contributed by atoms with E-state index in [-0.39, 0.29) is 38.6 Å². The molecule has 0 spiro atoms. The number of rotatable bonds is 54. The number of ether oxygens (including phenoxy) is 4. The Hall–Kier alpha value is -4.57. The van der Waals surface area contributed by atoms with E-state index in [1.54, 1.807) is 0 Å². The first-order valence-corrected chi connectivity index (χ1v) is 30.3. The van der Waals surface area contributed by atoms with Crippen LogP contribution in [-0.2, 0) is 33.3 Å². The third-order valence-electron chi connectivity index (χ3n) is 12.4. The van der Waals surface area contributed by atoms with Gasteiger partial charge in [-0.25, -0.2) is 4.79 Å².